The van der Waals surface area contributed by atoms with Crippen LogP contribution in [0.3, 0.4) is 0 Å². The summed E-state index contributed by atoms with van der Waals surface area (Å²) in [5.74, 6) is -0.167. The minimum absolute atomic E-state index is 0.0514. The van der Waals surface area contributed by atoms with Gasteiger partial charge in [-0.3, -0.25) is 0 Å². The fourth-order valence-corrected chi connectivity index (χ4v) is 1.91. The fraction of sp³-hybridized carbons (Fsp3) is 0.143. The Morgan fingerprint density at radius 2 is 1.95 bits per heavy atom. The molecular formula is C14H13BClFO3. The smallest absolute Gasteiger partial charge is 0.489 e. The molecule has 2 rings (SSSR count). The van der Waals surface area contributed by atoms with Crippen molar-refractivity contribution in [2.24, 2.45) is 0 Å². The zero-order valence-corrected chi connectivity index (χ0v) is 11.6. The van der Waals surface area contributed by atoms with Gasteiger partial charge in [-0.2, -0.15) is 0 Å². The normalized spacial score (nSPS) is 10.4. The van der Waals surface area contributed by atoms with Crippen molar-refractivity contribution < 1.29 is 19.2 Å². The van der Waals surface area contributed by atoms with Crippen LogP contribution < -0.4 is 10.2 Å². The second-order valence-electron chi connectivity index (χ2n) is 4.45. The molecule has 0 aromatic heterocycles. The van der Waals surface area contributed by atoms with Crippen LogP contribution in [0.2, 0.25) is 5.02 Å². The third kappa shape index (κ3) is 3.51. The topological polar surface area (TPSA) is 49.7 Å². The van der Waals surface area contributed by atoms with Gasteiger partial charge < -0.3 is 14.8 Å². The number of hydrogen-bond acceptors (Lipinski definition) is 3. The zero-order chi connectivity index (χ0) is 14.7. The van der Waals surface area contributed by atoms with Gasteiger partial charge in [0.05, 0.1) is 5.02 Å². The lowest BCUT2D eigenvalue weighted by atomic mass is 9.79. The van der Waals surface area contributed by atoms with Crippen molar-refractivity contribution in [3.8, 4) is 5.75 Å². The summed E-state index contributed by atoms with van der Waals surface area (Å²) in [6, 6.07) is 9.45. The number of benzene rings is 2. The number of aryl methyl sites for hydroxylation is 1. The van der Waals surface area contributed by atoms with Gasteiger partial charge in [-0.15, -0.1) is 0 Å². The molecule has 0 spiro atoms. The van der Waals surface area contributed by atoms with Gasteiger partial charge >= 0.3 is 7.12 Å². The van der Waals surface area contributed by atoms with E-state index < -0.39 is 12.9 Å². The standard InChI is InChI=1S/C14H13BClFO3/c1-9-2-5-14(11(6-9)15(18)19)20-8-10-3-4-12(16)13(17)7-10/h2-7,18-19H,8H2,1H3. The molecule has 0 saturated carbocycles. The van der Waals surface area contributed by atoms with Crippen molar-refractivity contribution in [3.63, 3.8) is 0 Å². The van der Waals surface area contributed by atoms with Crippen LogP contribution in [0.15, 0.2) is 36.4 Å². The van der Waals surface area contributed by atoms with Crippen LogP contribution in [-0.2, 0) is 6.61 Å². The Morgan fingerprint density at radius 3 is 2.60 bits per heavy atom. The largest absolute Gasteiger partial charge is 0.492 e. The third-order valence-corrected chi connectivity index (χ3v) is 3.13. The molecule has 3 nitrogen and oxygen atoms in total. The summed E-state index contributed by atoms with van der Waals surface area (Å²) < 4.78 is 18.8. The first-order valence-corrected chi connectivity index (χ1v) is 6.38. The van der Waals surface area contributed by atoms with Gasteiger partial charge in [-0.25, -0.2) is 4.39 Å². The maximum atomic E-state index is 13.3. The maximum Gasteiger partial charge on any atom is 0.492 e. The number of hydrogen-bond donors (Lipinski definition) is 2. The van der Waals surface area contributed by atoms with Crippen LogP contribution >= 0.6 is 11.6 Å². The molecule has 104 valence electrons. The summed E-state index contributed by atoms with van der Waals surface area (Å²) >= 11 is 5.60. The summed E-state index contributed by atoms with van der Waals surface area (Å²) in [5.41, 5.74) is 1.77. The Bertz CT molecular complexity index is 619. The van der Waals surface area contributed by atoms with Gasteiger partial charge in [0.15, 0.2) is 0 Å². The molecule has 0 atom stereocenters. The number of rotatable bonds is 4. The van der Waals surface area contributed by atoms with Crippen molar-refractivity contribution in [1.82, 2.24) is 0 Å². The van der Waals surface area contributed by atoms with Crippen molar-refractivity contribution in [3.05, 3.63) is 58.4 Å². The lowest BCUT2D eigenvalue weighted by Crippen LogP contribution is -2.31. The molecule has 2 aromatic rings. The molecule has 0 amide bonds. The fourth-order valence-electron chi connectivity index (χ4n) is 1.79. The molecule has 20 heavy (non-hydrogen) atoms. The molecule has 0 radical (unpaired) electrons. The number of halogens is 2. The Hall–Kier alpha value is -1.56. The summed E-state index contributed by atoms with van der Waals surface area (Å²) in [5, 5.41) is 18.7. The molecular weight excluding hydrogens is 281 g/mol. The van der Waals surface area contributed by atoms with Crippen LogP contribution in [-0.4, -0.2) is 17.2 Å². The molecule has 6 heteroatoms. The highest BCUT2D eigenvalue weighted by molar-refractivity contribution is 6.59. The van der Waals surface area contributed by atoms with Gasteiger partial charge in [-0.1, -0.05) is 35.4 Å². The third-order valence-electron chi connectivity index (χ3n) is 2.82. The minimum Gasteiger partial charge on any atom is -0.489 e. The van der Waals surface area contributed by atoms with E-state index in [2.05, 4.69) is 0 Å². The zero-order valence-electron chi connectivity index (χ0n) is 10.8. The van der Waals surface area contributed by atoms with Crippen molar-refractivity contribution in [2.45, 2.75) is 13.5 Å². The molecule has 2 N–H and O–H groups in total. The van der Waals surface area contributed by atoms with E-state index in [1.807, 2.05) is 6.92 Å². The van der Waals surface area contributed by atoms with Crippen LogP contribution in [0, 0.1) is 12.7 Å². The average Bonchev–Trinajstić information content (AvgIpc) is 2.41. The van der Waals surface area contributed by atoms with E-state index in [1.165, 1.54) is 12.1 Å². The highest BCUT2D eigenvalue weighted by Crippen LogP contribution is 2.17. The van der Waals surface area contributed by atoms with Crippen LogP contribution in [0.1, 0.15) is 11.1 Å². The lowest BCUT2D eigenvalue weighted by Gasteiger charge is -2.12. The Labute approximate surface area is 121 Å². The van der Waals surface area contributed by atoms with Crippen LogP contribution in [0.4, 0.5) is 4.39 Å². The van der Waals surface area contributed by atoms with Crippen LogP contribution in [0.5, 0.6) is 5.75 Å². The van der Waals surface area contributed by atoms with Crippen molar-refractivity contribution >= 4 is 24.2 Å². The van der Waals surface area contributed by atoms with E-state index in [9.17, 15) is 14.4 Å². The van der Waals surface area contributed by atoms with E-state index in [0.29, 0.717) is 11.3 Å². The predicted octanol–water partition coefficient (Wildman–Crippen LogP) is 2.05. The maximum absolute atomic E-state index is 13.3. The molecule has 0 bridgehead atoms. The molecule has 0 unspecified atom stereocenters. The summed E-state index contributed by atoms with van der Waals surface area (Å²) in [6.45, 7) is 1.95. The monoisotopic (exact) mass is 294 g/mol. The number of ether oxygens (including phenoxy) is 1. The Morgan fingerprint density at radius 1 is 1.20 bits per heavy atom. The Kier molecular flexibility index (Phi) is 4.65. The molecule has 0 aliphatic carbocycles. The summed E-state index contributed by atoms with van der Waals surface area (Å²) in [7, 11) is -1.62. The Balaban J connectivity index is 2.16. The van der Waals surface area contributed by atoms with Gasteiger partial charge in [0.25, 0.3) is 0 Å². The lowest BCUT2D eigenvalue weighted by molar-refractivity contribution is 0.306. The van der Waals surface area contributed by atoms with E-state index in [0.717, 1.165) is 5.56 Å². The van der Waals surface area contributed by atoms with Crippen LogP contribution in [0.25, 0.3) is 0 Å². The van der Waals surface area contributed by atoms with E-state index in [1.54, 1.807) is 24.3 Å². The van der Waals surface area contributed by atoms with E-state index in [4.69, 9.17) is 16.3 Å². The summed E-state index contributed by atoms with van der Waals surface area (Å²) in [6.07, 6.45) is 0. The predicted molar refractivity (Wildman–Crippen MR) is 76.7 cm³/mol. The first-order valence-electron chi connectivity index (χ1n) is 6.01. The SMILES string of the molecule is Cc1ccc(OCc2ccc(Cl)c(F)c2)c(B(O)O)c1. The molecule has 0 aliphatic rings. The first-order chi connectivity index (χ1) is 9.47. The highest BCUT2D eigenvalue weighted by atomic mass is 35.5. The molecule has 0 fully saturated rings. The second kappa shape index (κ2) is 6.26. The van der Waals surface area contributed by atoms with Gasteiger partial charge in [0.1, 0.15) is 18.2 Å². The quantitative estimate of drug-likeness (QED) is 0.849. The molecule has 0 heterocycles. The van der Waals surface area contributed by atoms with Crippen molar-refractivity contribution in [1.29, 1.82) is 0 Å². The van der Waals surface area contributed by atoms with Crippen molar-refractivity contribution in [2.75, 3.05) is 0 Å². The minimum atomic E-state index is -1.62. The van der Waals surface area contributed by atoms with Gasteiger partial charge in [0.2, 0.25) is 0 Å². The summed E-state index contributed by atoms with van der Waals surface area (Å²) in [4.78, 5) is 0. The van der Waals surface area contributed by atoms with Gasteiger partial charge in [0, 0.05) is 5.46 Å². The molecule has 0 aliphatic heterocycles. The molecule has 2 aromatic carbocycles. The second-order valence-corrected chi connectivity index (χ2v) is 4.86. The van der Waals surface area contributed by atoms with E-state index in [-0.39, 0.29) is 17.1 Å². The first kappa shape index (κ1) is 14.8. The molecule has 0 saturated heterocycles. The van der Waals surface area contributed by atoms with E-state index >= 15 is 0 Å². The van der Waals surface area contributed by atoms with Gasteiger partial charge in [-0.05, 0) is 30.7 Å². The average molecular weight is 295 g/mol. The highest BCUT2D eigenvalue weighted by Gasteiger charge is 2.17.